The average molecular weight is 448 g/mol. The maximum absolute atomic E-state index is 5.38. The standard InChI is InChI=1S/C28H25N5O/c1-18-8-7-11-23-25-16-19(2)30-33(25)28(29-26(18)23)24-17-32(21-9-5-4-6-10-21)31-27(24)20-12-14-22(34-3)15-13-20/h4-17,28-29H,1-3H3/t28-/m0/s1. The van der Waals surface area contributed by atoms with E-state index in [1.165, 1.54) is 11.1 Å². The largest absolute Gasteiger partial charge is 0.497 e. The van der Waals surface area contributed by atoms with Crippen LogP contribution in [0.5, 0.6) is 5.75 Å². The molecule has 0 saturated carbocycles. The van der Waals surface area contributed by atoms with Gasteiger partial charge >= 0.3 is 0 Å². The van der Waals surface area contributed by atoms with Crippen LogP contribution in [-0.4, -0.2) is 26.7 Å². The highest BCUT2D eigenvalue weighted by Crippen LogP contribution is 2.42. The predicted molar refractivity (Wildman–Crippen MR) is 134 cm³/mol. The molecule has 1 atom stereocenters. The quantitative estimate of drug-likeness (QED) is 0.367. The smallest absolute Gasteiger partial charge is 0.151 e. The molecule has 34 heavy (non-hydrogen) atoms. The number of fused-ring (bicyclic) bond motifs is 3. The minimum absolute atomic E-state index is 0.202. The Morgan fingerprint density at radius 1 is 0.882 bits per heavy atom. The summed E-state index contributed by atoms with van der Waals surface area (Å²) in [7, 11) is 1.68. The molecule has 6 rings (SSSR count). The Morgan fingerprint density at radius 2 is 1.68 bits per heavy atom. The number of aryl methyl sites for hydroxylation is 2. The molecule has 168 valence electrons. The molecule has 0 aliphatic carbocycles. The molecule has 6 heteroatoms. The van der Waals surface area contributed by atoms with Crippen molar-refractivity contribution in [2.75, 3.05) is 12.4 Å². The van der Waals surface area contributed by atoms with E-state index in [0.29, 0.717) is 0 Å². The summed E-state index contributed by atoms with van der Waals surface area (Å²) in [6.45, 7) is 4.18. The highest BCUT2D eigenvalue weighted by Gasteiger charge is 2.31. The molecule has 5 aromatic rings. The van der Waals surface area contributed by atoms with E-state index >= 15 is 0 Å². The highest BCUT2D eigenvalue weighted by atomic mass is 16.5. The molecule has 2 aromatic heterocycles. The molecule has 6 nitrogen and oxygen atoms in total. The van der Waals surface area contributed by atoms with Crippen LogP contribution in [0.2, 0.25) is 0 Å². The lowest BCUT2D eigenvalue weighted by Crippen LogP contribution is -2.26. The van der Waals surface area contributed by atoms with E-state index in [1.54, 1.807) is 7.11 Å². The zero-order valence-corrected chi connectivity index (χ0v) is 19.4. The van der Waals surface area contributed by atoms with Crippen molar-refractivity contribution >= 4 is 5.69 Å². The fraction of sp³-hybridized carbons (Fsp3) is 0.143. The molecule has 0 unspecified atom stereocenters. The Kier molecular flexibility index (Phi) is 4.73. The normalized spacial score (nSPS) is 14.3. The summed E-state index contributed by atoms with van der Waals surface area (Å²) in [6.07, 6.45) is 1.91. The fourth-order valence-electron chi connectivity index (χ4n) is 4.67. The summed E-state index contributed by atoms with van der Waals surface area (Å²) in [5, 5.41) is 13.7. The van der Waals surface area contributed by atoms with Crippen molar-refractivity contribution in [1.82, 2.24) is 19.6 Å². The maximum Gasteiger partial charge on any atom is 0.151 e. The summed E-state index contributed by atoms with van der Waals surface area (Å²) in [4.78, 5) is 0. The Labute approximate surface area is 198 Å². The van der Waals surface area contributed by atoms with Gasteiger partial charge in [-0.25, -0.2) is 9.36 Å². The SMILES string of the molecule is COc1ccc(-c2nn(-c3ccccc3)cc2[C@H]2Nc3c(C)cccc3-c3cc(C)nn32)cc1. The van der Waals surface area contributed by atoms with Crippen LogP contribution in [0.3, 0.4) is 0 Å². The van der Waals surface area contributed by atoms with Gasteiger partial charge in [-0.2, -0.15) is 10.2 Å². The Balaban J connectivity index is 1.56. The van der Waals surface area contributed by atoms with Crippen molar-refractivity contribution in [1.29, 1.82) is 0 Å². The van der Waals surface area contributed by atoms with Crippen LogP contribution in [0.25, 0.3) is 28.2 Å². The van der Waals surface area contributed by atoms with Crippen LogP contribution in [0.1, 0.15) is 23.0 Å². The van der Waals surface area contributed by atoms with E-state index in [9.17, 15) is 0 Å². The summed E-state index contributed by atoms with van der Waals surface area (Å²) in [5.41, 5.74) is 9.57. The number of rotatable bonds is 4. The number of para-hydroxylation sites is 2. The number of hydrogen-bond donors (Lipinski definition) is 1. The topological polar surface area (TPSA) is 56.9 Å². The molecule has 1 aliphatic heterocycles. The number of ether oxygens (including phenoxy) is 1. The second kappa shape index (κ2) is 7.92. The molecule has 0 radical (unpaired) electrons. The molecule has 0 bridgehead atoms. The van der Waals surface area contributed by atoms with Gasteiger partial charge in [-0.05, 0) is 61.9 Å². The van der Waals surface area contributed by atoms with E-state index in [4.69, 9.17) is 14.9 Å². The van der Waals surface area contributed by atoms with Gasteiger partial charge in [-0.1, -0.05) is 36.4 Å². The maximum atomic E-state index is 5.38. The van der Waals surface area contributed by atoms with Crippen molar-refractivity contribution in [3.63, 3.8) is 0 Å². The van der Waals surface area contributed by atoms with Gasteiger partial charge in [0.15, 0.2) is 6.17 Å². The van der Waals surface area contributed by atoms with Crippen LogP contribution in [0, 0.1) is 13.8 Å². The number of hydrogen-bond acceptors (Lipinski definition) is 4. The Hall–Kier alpha value is -4.32. The van der Waals surface area contributed by atoms with Crippen LogP contribution >= 0.6 is 0 Å². The first-order valence-electron chi connectivity index (χ1n) is 11.3. The Bertz CT molecular complexity index is 1480. The zero-order chi connectivity index (χ0) is 23.2. The zero-order valence-electron chi connectivity index (χ0n) is 19.4. The van der Waals surface area contributed by atoms with Gasteiger partial charge in [0.1, 0.15) is 5.75 Å². The van der Waals surface area contributed by atoms with Crippen molar-refractivity contribution in [3.8, 4) is 34.0 Å². The minimum atomic E-state index is -0.202. The second-order valence-corrected chi connectivity index (χ2v) is 8.60. The molecule has 0 spiro atoms. The summed E-state index contributed by atoms with van der Waals surface area (Å²) >= 11 is 0. The van der Waals surface area contributed by atoms with Crippen LogP contribution in [-0.2, 0) is 0 Å². The summed E-state index contributed by atoms with van der Waals surface area (Å²) < 4.78 is 9.40. The first-order chi connectivity index (χ1) is 16.6. The van der Waals surface area contributed by atoms with Gasteiger partial charge in [-0.15, -0.1) is 0 Å². The third-order valence-corrected chi connectivity index (χ3v) is 6.35. The number of anilines is 1. The van der Waals surface area contributed by atoms with Crippen LogP contribution in [0.4, 0.5) is 5.69 Å². The highest BCUT2D eigenvalue weighted by molar-refractivity contribution is 5.82. The average Bonchev–Trinajstić information content (AvgIpc) is 3.49. The second-order valence-electron chi connectivity index (χ2n) is 8.60. The lowest BCUT2D eigenvalue weighted by molar-refractivity contribution is 0.415. The molecule has 0 fully saturated rings. The first kappa shape index (κ1) is 20.3. The summed E-state index contributed by atoms with van der Waals surface area (Å²) in [6, 6.07) is 26.8. The van der Waals surface area contributed by atoms with Gasteiger partial charge in [0, 0.05) is 28.6 Å². The third-order valence-electron chi connectivity index (χ3n) is 6.35. The lowest BCUT2D eigenvalue weighted by atomic mass is 9.99. The minimum Gasteiger partial charge on any atom is -0.497 e. The van der Waals surface area contributed by atoms with Crippen molar-refractivity contribution < 1.29 is 4.74 Å². The van der Waals surface area contributed by atoms with Crippen molar-refractivity contribution in [3.05, 3.63) is 102 Å². The molecule has 1 aliphatic rings. The van der Waals surface area contributed by atoms with Crippen LogP contribution in [0.15, 0.2) is 85.1 Å². The van der Waals surface area contributed by atoms with Crippen molar-refractivity contribution in [2.45, 2.75) is 20.0 Å². The molecule has 0 amide bonds. The molecule has 3 heterocycles. The molecular weight excluding hydrogens is 422 g/mol. The van der Waals surface area contributed by atoms with Gasteiger partial charge < -0.3 is 10.1 Å². The van der Waals surface area contributed by atoms with Gasteiger partial charge in [0.2, 0.25) is 0 Å². The number of nitrogens with one attached hydrogen (secondary N) is 1. The lowest BCUT2D eigenvalue weighted by Gasteiger charge is -2.30. The Morgan fingerprint density at radius 3 is 2.44 bits per heavy atom. The van der Waals surface area contributed by atoms with E-state index in [-0.39, 0.29) is 6.17 Å². The molecule has 3 aromatic carbocycles. The van der Waals surface area contributed by atoms with E-state index in [2.05, 4.69) is 71.7 Å². The number of nitrogens with zero attached hydrogens (tertiary/aromatic N) is 4. The first-order valence-corrected chi connectivity index (χ1v) is 11.3. The number of benzene rings is 3. The summed E-state index contributed by atoms with van der Waals surface area (Å²) in [5.74, 6) is 0.818. The van der Waals surface area contributed by atoms with E-state index < -0.39 is 0 Å². The number of aromatic nitrogens is 4. The van der Waals surface area contributed by atoms with Crippen LogP contribution < -0.4 is 10.1 Å². The van der Waals surface area contributed by atoms with Gasteiger partial charge in [0.05, 0.1) is 29.9 Å². The monoisotopic (exact) mass is 447 g/mol. The van der Waals surface area contributed by atoms with Crippen molar-refractivity contribution in [2.24, 2.45) is 0 Å². The van der Waals surface area contributed by atoms with E-state index in [0.717, 1.165) is 45.3 Å². The number of methoxy groups -OCH3 is 1. The van der Waals surface area contributed by atoms with Gasteiger partial charge in [0.25, 0.3) is 0 Å². The molecule has 0 saturated heterocycles. The predicted octanol–water partition coefficient (Wildman–Crippen LogP) is 6.00. The molecular formula is C28H25N5O. The molecule has 1 N–H and O–H groups in total. The van der Waals surface area contributed by atoms with E-state index in [1.807, 2.05) is 41.9 Å². The fourth-order valence-corrected chi connectivity index (χ4v) is 4.67. The van der Waals surface area contributed by atoms with Gasteiger partial charge in [-0.3, -0.25) is 0 Å². The third kappa shape index (κ3) is 3.27.